The number of halogens is 2. The van der Waals surface area contributed by atoms with E-state index in [1.165, 1.54) is 18.4 Å². The van der Waals surface area contributed by atoms with Crippen LogP contribution in [0.1, 0.15) is 41.6 Å². The Morgan fingerprint density at radius 1 is 1.15 bits per heavy atom. The molecule has 1 aliphatic rings. The summed E-state index contributed by atoms with van der Waals surface area (Å²) >= 11 is 8.38. The minimum Gasteiger partial charge on any atom is -0.487 e. The lowest BCUT2D eigenvalue weighted by molar-refractivity contribution is -0.136. The molecular formula is C31H23Br2N3O4S. The first-order valence-electron chi connectivity index (χ1n) is 12.6. The molecule has 0 saturated heterocycles. The highest BCUT2D eigenvalue weighted by molar-refractivity contribution is 9.11. The zero-order chi connectivity index (χ0) is 29.1. The molecule has 1 aliphatic heterocycles. The van der Waals surface area contributed by atoms with Crippen molar-refractivity contribution < 1.29 is 14.3 Å². The maximum Gasteiger partial charge on any atom is 0.338 e. The van der Waals surface area contributed by atoms with Crippen molar-refractivity contribution in [2.45, 2.75) is 26.0 Å². The highest BCUT2D eigenvalue weighted by Crippen LogP contribution is 2.35. The summed E-state index contributed by atoms with van der Waals surface area (Å²) < 4.78 is 14.8. The van der Waals surface area contributed by atoms with E-state index in [1.807, 2.05) is 61.5 Å². The fraction of sp³-hybridized carbons (Fsp3) is 0.161. The van der Waals surface area contributed by atoms with Gasteiger partial charge in [0.15, 0.2) is 4.80 Å². The second-order valence-corrected chi connectivity index (χ2v) is 11.8. The zero-order valence-electron chi connectivity index (χ0n) is 22.1. The third-order valence-electron chi connectivity index (χ3n) is 6.60. The number of methoxy groups -OCH3 is 1. The first-order valence-corrected chi connectivity index (χ1v) is 15.0. The molecule has 41 heavy (non-hydrogen) atoms. The van der Waals surface area contributed by atoms with Crippen molar-refractivity contribution in [3.8, 4) is 11.8 Å². The van der Waals surface area contributed by atoms with E-state index in [9.17, 15) is 14.9 Å². The predicted molar refractivity (Wildman–Crippen MR) is 164 cm³/mol. The quantitative estimate of drug-likeness (QED) is 0.229. The summed E-state index contributed by atoms with van der Waals surface area (Å²) in [5.74, 6) is 0.00822. The third-order valence-corrected chi connectivity index (χ3v) is 8.63. The van der Waals surface area contributed by atoms with Gasteiger partial charge >= 0.3 is 5.97 Å². The van der Waals surface area contributed by atoms with Crippen LogP contribution in [0, 0.1) is 11.3 Å². The van der Waals surface area contributed by atoms with Gasteiger partial charge in [0, 0.05) is 15.6 Å². The van der Waals surface area contributed by atoms with Gasteiger partial charge in [-0.05, 0) is 52.2 Å². The molecule has 0 fully saturated rings. The van der Waals surface area contributed by atoms with E-state index in [4.69, 9.17) is 14.5 Å². The topological polar surface area (TPSA) is 93.7 Å². The van der Waals surface area contributed by atoms with Crippen molar-refractivity contribution in [2.75, 3.05) is 7.11 Å². The molecule has 1 atom stereocenters. The van der Waals surface area contributed by atoms with Crippen molar-refractivity contribution in [1.82, 2.24) is 4.57 Å². The highest BCUT2D eigenvalue weighted by atomic mass is 79.9. The number of hydrogen-bond acceptors (Lipinski definition) is 7. The Morgan fingerprint density at radius 3 is 2.59 bits per heavy atom. The number of nitrogens with zero attached hydrogens (tertiary/aromatic N) is 3. The molecule has 10 heteroatoms. The molecule has 206 valence electrons. The lowest BCUT2D eigenvalue weighted by atomic mass is 9.95. The van der Waals surface area contributed by atoms with Gasteiger partial charge in [-0.2, -0.15) is 5.26 Å². The molecule has 0 N–H and O–H groups in total. The number of carbonyl (C=O) groups excluding carboxylic acids is 1. The molecule has 1 aromatic heterocycles. The van der Waals surface area contributed by atoms with Crippen LogP contribution in [0.15, 0.2) is 96.7 Å². The lowest BCUT2D eigenvalue weighted by Gasteiger charge is -2.25. The molecule has 2 heterocycles. The smallest absolute Gasteiger partial charge is 0.338 e. The summed E-state index contributed by atoms with van der Waals surface area (Å²) in [6, 6.07) is 21.9. The van der Waals surface area contributed by atoms with Gasteiger partial charge in [0.05, 0.1) is 45.1 Å². The summed E-state index contributed by atoms with van der Waals surface area (Å²) in [6.07, 6.45) is 2.26. The minimum absolute atomic E-state index is 0.169. The number of carbonyl (C=O) groups is 1. The summed E-state index contributed by atoms with van der Waals surface area (Å²) in [7, 11) is 1.33. The Labute approximate surface area is 257 Å². The first kappa shape index (κ1) is 28.7. The molecule has 0 amide bonds. The minimum atomic E-state index is -0.676. The number of ether oxygens (including phenoxy) is 2. The van der Waals surface area contributed by atoms with Crippen molar-refractivity contribution in [3.05, 3.63) is 129 Å². The monoisotopic (exact) mass is 691 g/mol. The molecule has 0 spiro atoms. The fourth-order valence-electron chi connectivity index (χ4n) is 4.70. The van der Waals surface area contributed by atoms with Crippen LogP contribution in [-0.2, 0) is 16.1 Å². The second-order valence-electron chi connectivity index (χ2n) is 9.06. The zero-order valence-corrected chi connectivity index (χ0v) is 26.0. The Kier molecular flexibility index (Phi) is 8.68. The van der Waals surface area contributed by atoms with Gasteiger partial charge < -0.3 is 9.47 Å². The normalized spacial score (nSPS) is 14.7. The summed E-state index contributed by atoms with van der Waals surface area (Å²) in [4.78, 5) is 32.2. The van der Waals surface area contributed by atoms with Crippen LogP contribution in [-0.4, -0.2) is 17.6 Å². The Bertz CT molecular complexity index is 1910. The van der Waals surface area contributed by atoms with Gasteiger partial charge in [-0.3, -0.25) is 9.36 Å². The van der Waals surface area contributed by atoms with Crippen LogP contribution >= 0.6 is 43.2 Å². The molecule has 3 aromatic carbocycles. The number of nitriles is 1. The Morgan fingerprint density at radius 2 is 1.88 bits per heavy atom. The van der Waals surface area contributed by atoms with Gasteiger partial charge in [0.1, 0.15) is 12.4 Å². The summed E-state index contributed by atoms with van der Waals surface area (Å²) in [5, 5.41) is 9.47. The van der Waals surface area contributed by atoms with Gasteiger partial charge in [-0.1, -0.05) is 82.7 Å². The number of hydrogen-bond donors (Lipinski definition) is 0. The van der Waals surface area contributed by atoms with Gasteiger partial charge in [-0.25, -0.2) is 9.79 Å². The molecule has 0 saturated carbocycles. The largest absolute Gasteiger partial charge is 0.487 e. The van der Waals surface area contributed by atoms with Crippen LogP contribution in [0.2, 0.25) is 0 Å². The van der Waals surface area contributed by atoms with Crippen LogP contribution < -0.4 is 19.6 Å². The molecule has 4 aromatic rings. The van der Waals surface area contributed by atoms with Crippen molar-refractivity contribution in [2.24, 2.45) is 4.99 Å². The standard InChI is InChI=1S/C31H23Br2N3O4S/c1-3-24-26(30(38)39-2)27(18-9-5-4-6-10-18)36-29(37)25(41-31(36)35-24)14-21-13-22(32)15-23(33)28(21)40-17-20-12-8-7-11-19(20)16-34/h4-15,27H,3,17H2,1-2H3/b25-14+/t27-/m1/s1. The lowest BCUT2D eigenvalue weighted by Crippen LogP contribution is -2.40. The van der Waals surface area contributed by atoms with Crippen molar-refractivity contribution in [1.29, 1.82) is 5.26 Å². The molecule has 0 bridgehead atoms. The maximum absolute atomic E-state index is 14.0. The fourth-order valence-corrected chi connectivity index (χ4v) is 7.08. The molecule has 0 radical (unpaired) electrons. The number of fused-ring (bicyclic) bond motifs is 1. The van der Waals surface area contributed by atoms with Gasteiger partial charge in [-0.15, -0.1) is 0 Å². The molecule has 0 aliphatic carbocycles. The van der Waals surface area contributed by atoms with E-state index in [0.717, 1.165) is 15.6 Å². The second kappa shape index (κ2) is 12.4. The summed E-state index contributed by atoms with van der Waals surface area (Å²) in [6.45, 7) is 2.09. The molecule has 0 unspecified atom stereocenters. The average Bonchev–Trinajstić information content (AvgIpc) is 3.29. The highest BCUT2D eigenvalue weighted by Gasteiger charge is 2.33. The number of allylic oxidation sites excluding steroid dienone is 1. The number of aromatic nitrogens is 1. The molecule has 7 nitrogen and oxygen atoms in total. The van der Waals surface area contributed by atoms with Crippen LogP contribution in [0.5, 0.6) is 5.75 Å². The molecule has 5 rings (SSSR count). The number of rotatable bonds is 7. The van der Waals surface area contributed by atoms with E-state index < -0.39 is 12.0 Å². The van der Waals surface area contributed by atoms with Crippen molar-refractivity contribution >= 4 is 55.2 Å². The van der Waals surface area contributed by atoms with E-state index in [1.54, 1.807) is 22.8 Å². The number of thiazole rings is 1. The van der Waals surface area contributed by atoms with Gasteiger partial charge in [0.25, 0.3) is 5.56 Å². The van der Waals surface area contributed by atoms with E-state index >= 15 is 0 Å². The summed E-state index contributed by atoms with van der Waals surface area (Å²) in [5.41, 5.74) is 3.38. The maximum atomic E-state index is 14.0. The van der Waals surface area contributed by atoms with E-state index in [-0.39, 0.29) is 12.2 Å². The third kappa shape index (κ3) is 5.71. The average molecular weight is 693 g/mol. The first-order chi connectivity index (χ1) is 19.9. The number of benzene rings is 3. The van der Waals surface area contributed by atoms with Gasteiger partial charge in [0.2, 0.25) is 0 Å². The van der Waals surface area contributed by atoms with E-state index in [0.29, 0.717) is 48.4 Å². The van der Waals surface area contributed by atoms with Crippen molar-refractivity contribution in [3.63, 3.8) is 0 Å². The number of esters is 1. The van der Waals surface area contributed by atoms with Crippen LogP contribution in [0.25, 0.3) is 6.08 Å². The Hall–Kier alpha value is -3.78. The van der Waals surface area contributed by atoms with Crippen LogP contribution in [0.4, 0.5) is 0 Å². The predicted octanol–water partition coefficient (Wildman–Crippen LogP) is 5.77. The SMILES string of the molecule is CCC1=C(C(=O)OC)[C@@H](c2ccccc2)n2c(s/c(=C/c3cc(Br)cc(Br)c3OCc3ccccc3C#N)c2=O)=N1. The Balaban J connectivity index is 1.67. The van der Waals surface area contributed by atoms with E-state index in [2.05, 4.69) is 37.9 Å². The molecular weight excluding hydrogens is 670 g/mol. The van der Waals surface area contributed by atoms with Crippen LogP contribution in [0.3, 0.4) is 0 Å².